The minimum atomic E-state index is 0.0965. The third-order valence-electron chi connectivity index (χ3n) is 2.77. The van der Waals surface area contributed by atoms with Crippen molar-refractivity contribution in [2.75, 3.05) is 0 Å². The SMILES string of the molecule is [CH2]CC(C(C)N)N(C=C)Cc1ccccc1. The molecule has 0 aliphatic carbocycles. The number of nitrogens with zero attached hydrogens (tertiary/aromatic N) is 1. The fraction of sp³-hybridized carbons (Fsp3) is 0.357. The van der Waals surface area contributed by atoms with Crippen LogP contribution in [0.4, 0.5) is 0 Å². The van der Waals surface area contributed by atoms with Crippen molar-refractivity contribution in [2.45, 2.75) is 32.0 Å². The molecule has 1 rings (SSSR count). The molecule has 0 heterocycles. The Hall–Kier alpha value is -1.28. The van der Waals surface area contributed by atoms with E-state index in [1.54, 1.807) is 0 Å². The van der Waals surface area contributed by atoms with Gasteiger partial charge in [-0.2, -0.15) is 0 Å². The third-order valence-corrected chi connectivity index (χ3v) is 2.77. The molecule has 0 bridgehead atoms. The fourth-order valence-corrected chi connectivity index (χ4v) is 1.84. The summed E-state index contributed by atoms with van der Waals surface area (Å²) in [5.41, 5.74) is 7.21. The second-order valence-electron chi connectivity index (χ2n) is 4.06. The first-order valence-corrected chi connectivity index (χ1v) is 5.66. The number of rotatable bonds is 6. The van der Waals surface area contributed by atoms with Crippen LogP contribution >= 0.6 is 0 Å². The Bertz CT molecular complexity index is 306. The Balaban J connectivity index is 2.71. The zero-order valence-corrected chi connectivity index (χ0v) is 9.97. The standard InChI is InChI=1S/C14H21N2/c1-4-14(12(3)15)16(5-2)11-13-9-7-6-8-10-13/h5-10,12,14H,1-2,4,11,15H2,3H3. The third kappa shape index (κ3) is 3.38. The summed E-state index contributed by atoms with van der Waals surface area (Å²) >= 11 is 0. The molecule has 87 valence electrons. The molecule has 1 aromatic carbocycles. The number of nitrogens with two attached hydrogens (primary N) is 1. The van der Waals surface area contributed by atoms with Crippen molar-refractivity contribution in [2.24, 2.45) is 5.73 Å². The van der Waals surface area contributed by atoms with Crippen LogP contribution in [-0.2, 0) is 6.54 Å². The molecule has 0 aromatic heterocycles. The molecule has 1 aromatic rings. The molecule has 2 heteroatoms. The lowest BCUT2D eigenvalue weighted by Gasteiger charge is -2.32. The highest BCUT2D eigenvalue weighted by molar-refractivity contribution is 5.15. The predicted octanol–water partition coefficient (Wildman–Crippen LogP) is 2.57. The van der Waals surface area contributed by atoms with E-state index in [-0.39, 0.29) is 12.1 Å². The molecule has 2 atom stereocenters. The Morgan fingerprint density at radius 1 is 1.38 bits per heavy atom. The maximum Gasteiger partial charge on any atom is 0.0436 e. The Morgan fingerprint density at radius 3 is 2.44 bits per heavy atom. The smallest absolute Gasteiger partial charge is 0.0436 e. The zero-order chi connectivity index (χ0) is 12.0. The lowest BCUT2D eigenvalue weighted by atomic mass is 10.1. The Labute approximate surface area is 98.8 Å². The molecule has 0 saturated heterocycles. The van der Waals surface area contributed by atoms with E-state index in [2.05, 4.69) is 30.5 Å². The quantitative estimate of drug-likeness (QED) is 0.793. The van der Waals surface area contributed by atoms with Gasteiger partial charge in [-0.25, -0.2) is 0 Å². The lowest BCUT2D eigenvalue weighted by Crippen LogP contribution is -2.42. The molecule has 16 heavy (non-hydrogen) atoms. The maximum atomic E-state index is 5.95. The van der Waals surface area contributed by atoms with Gasteiger partial charge in [-0.3, -0.25) is 0 Å². The van der Waals surface area contributed by atoms with Crippen LogP contribution in [0.3, 0.4) is 0 Å². The first kappa shape index (κ1) is 12.8. The number of benzene rings is 1. The molecule has 0 aliphatic heterocycles. The van der Waals surface area contributed by atoms with Crippen LogP contribution in [-0.4, -0.2) is 17.0 Å². The van der Waals surface area contributed by atoms with Gasteiger partial charge in [0, 0.05) is 18.6 Å². The summed E-state index contributed by atoms with van der Waals surface area (Å²) in [5.74, 6) is 0. The minimum absolute atomic E-state index is 0.0965. The normalized spacial score (nSPS) is 14.2. The summed E-state index contributed by atoms with van der Waals surface area (Å²) < 4.78 is 0. The topological polar surface area (TPSA) is 29.3 Å². The molecule has 2 unspecified atom stereocenters. The van der Waals surface area contributed by atoms with E-state index in [9.17, 15) is 0 Å². The van der Waals surface area contributed by atoms with Gasteiger partial charge < -0.3 is 10.6 Å². The van der Waals surface area contributed by atoms with E-state index in [1.807, 2.05) is 31.3 Å². The van der Waals surface area contributed by atoms with Gasteiger partial charge in [0.15, 0.2) is 0 Å². The first-order valence-electron chi connectivity index (χ1n) is 5.66. The molecule has 0 saturated carbocycles. The van der Waals surface area contributed by atoms with Crippen molar-refractivity contribution in [1.82, 2.24) is 4.90 Å². The molecule has 2 nitrogen and oxygen atoms in total. The van der Waals surface area contributed by atoms with E-state index >= 15 is 0 Å². The summed E-state index contributed by atoms with van der Waals surface area (Å²) in [6.45, 7) is 10.6. The van der Waals surface area contributed by atoms with Crippen LogP contribution < -0.4 is 5.73 Å². The van der Waals surface area contributed by atoms with Gasteiger partial charge >= 0.3 is 0 Å². The highest BCUT2D eigenvalue weighted by atomic mass is 15.2. The van der Waals surface area contributed by atoms with Gasteiger partial charge in [0.25, 0.3) is 0 Å². The van der Waals surface area contributed by atoms with E-state index < -0.39 is 0 Å². The molecule has 0 spiro atoms. The summed E-state index contributed by atoms with van der Waals surface area (Å²) in [5, 5.41) is 0. The van der Waals surface area contributed by atoms with Crippen LogP contribution in [0, 0.1) is 6.92 Å². The first-order chi connectivity index (χ1) is 7.69. The summed E-state index contributed by atoms with van der Waals surface area (Å²) in [7, 11) is 0. The van der Waals surface area contributed by atoms with Gasteiger partial charge in [-0.1, -0.05) is 43.8 Å². The predicted molar refractivity (Wildman–Crippen MR) is 69.6 cm³/mol. The maximum absolute atomic E-state index is 5.95. The lowest BCUT2D eigenvalue weighted by molar-refractivity contribution is 0.240. The minimum Gasteiger partial charge on any atom is -0.369 e. The van der Waals surface area contributed by atoms with E-state index in [1.165, 1.54) is 5.56 Å². The summed E-state index contributed by atoms with van der Waals surface area (Å²) in [6.07, 6.45) is 2.64. The number of hydrogen-bond acceptors (Lipinski definition) is 2. The summed E-state index contributed by atoms with van der Waals surface area (Å²) in [6, 6.07) is 10.7. The van der Waals surface area contributed by atoms with E-state index in [4.69, 9.17) is 5.73 Å². The summed E-state index contributed by atoms with van der Waals surface area (Å²) in [4.78, 5) is 2.16. The van der Waals surface area contributed by atoms with Crippen molar-refractivity contribution < 1.29 is 0 Å². The largest absolute Gasteiger partial charge is 0.369 e. The van der Waals surface area contributed by atoms with Crippen molar-refractivity contribution in [3.8, 4) is 0 Å². The highest BCUT2D eigenvalue weighted by Crippen LogP contribution is 2.12. The van der Waals surface area contributed by atoms with Gasteiger partial charge in [-0.05, 0) is 25.1 Å². The molecule has 2 N–H and O–H groups in total. The van der Waals surface area contributed by atoms with Crippen LogP contribution in [0.15, 0.2) is 43.1 Å². The molecular formula is C14H21N2. The average molecular weight is 217 g/mol. The van der Waals surface area contributed by atoms with Gasteiger partial charge in [0.2, 0.25) is 0 Å². The molecule has 1 radical (unpaired) electrons. The second-order valence-corrected chi connectivity index (χ2v) is 4.06. The Kier molecular flexibility index (Phi) is 5.06. The van der Waals surface area contributed by atoms with Crippen molar-refractivity contribution >= 4 is 0 Å². The molecular weight excluding hydrogens is 196 g/mol. The van der Waals surface area contributed by atoms with Crippen molar-refractivity contribution in [3.63, 3.8) is 0 Å². The van der Waals surface area contributed by atoms with Crippen LogP contribution in [0.5, 0.6) is 0 Å². The van der Waals surface area contributed by atoms with Gasteiger partial charge in [0.05, 0.1) is 0 Å². The molecule has 0 fully saturated rings. The van der Waals surface area contributed by atoms with E-state index in [0.717, 1.165) is 13.0 Å². The fourth-order valence-electron chi connectivity index (χ4n) is 1.84. The zero-order valence-electron chi connectivity index (χ0n) is 9.97. The molecule has 0 aliphatic rings. The molecule has 0 amide bonds. The van der Waals surface area contributed by atoms with Crippen LogP contribution in [0.2, 0.25) is 0 Å². The van der Waals surface area contributed by atoms with Crippen molar-refractivity contribution in [3.05, 3.63) is 55.6 Å². The second kappa shape index (κ2) is 6.33. The number of hydrogen-bond donors (Lipinski definition) is 1. The average Bonchev–Trinajstić information content (AvgIpc) is 2.29. The Morgan fingerprint density at radius 2 is 2.00 bits per heavy atom. The van der Waals surface area contributed by atoms with Gasteiger partial charge in [0.1, 0.15) is 0 Å². The van der Waals surface area contributed by atoms with Gasteiger partial charge in [-0.15, -0.1) is 0 Å². The van der Waals surface area contributed by atoms with E-state index in [0.29, 0.717) is 0 Å². The highest BCUT2D eigenvalue weighted by Gasteiger charge is 2.17. The van der Waals surface area contributed by atoms with Crippen LogP contribution in [0.25, 0.3) is 0 Å². The van der Waals surface area contributed by atoms with Crippen LogP contribution in [0.1, 0.15) is 18.9 Å². The van der Waals surface area contributed by atoms with Crippen molar-refractivity contribution in [1.29, 1.82) is 0 Å². The monoisotopic (exact) mass is 217 g/mol.